The highest BCUT2D eigenvalue weighted by Gasteiger charge is 2.29. The zero-order valence-corrected chi connectivity index (χ0v) is 15.2. The monoisotopic (exact) mass is 362 g/mol. The van der Waals surface area contributed by atoms with E-state index in [0.29, 0.717) is 12.1 Å². The van der Waals surface area contributed by atoms with Crippen molar-refractivity contribution in [2.45, 2.75) is 32.4 Å². The lowest BCUT2D eigenvalue weighted by molar-refractivity contribution is -0.117. The molecule has 2 aromatic carbocycles. The summed E-state index contributed by atoms with van der Waals surface area (Å²) in [6, 6.07) is 16.2. The largest absolute Gasteiger partial charge is 0.334 e. The van der Waals surface area contributed by atoms with Gasteiger partial charge in [-0.2, -0.15) is 5.26 Å². The molecule has 0 bridgehead atoms. The van der Waals surface area contributed by atoms with E-state index < -0.39 is 0 Å². The number of rotatable bonds is 6. The lowest BCUT2D eigenvalue weighted by Gasteiger charge is -2.16. The zero-order chi connectivity index (χ0) is 19.2. The minimum absolute atomic E-state index is 0.0776. The SMILES string of the molecule is CC(NC(=O)NCc1cccc(C#N)c1)c1ccc(NC(=O)C2CC2)cc1. The van der Waals surface area contributed by atoms with Gasteiger partial charge in [0.15, 0.2) is 0 Å². The van der Waals surface area contributed by atoms with Crippen molar-refractivity contribution in [3.63, 3.8) is 0 Å². The van der Waals surface area contributed by atoms with E-state index in [1.54, 1.807) is 18.2 Å². The summed E-state index contributed by atoms with van der Waals surface area (Å²) < 4.78 is 0. The molecule has 0 heterocycles. The van der Waals surface area contributed by atoms with Gasteiger partial charge in [0.05, 0.1) is 17.7 Å². The Morgan fingerprint density at radius 2 is 1.93 bits per heavy atom. The van der Waals surface area contributed by atoms with Gasteiger partial charge >= 0.3 is 6.03 Å². The Kier molecular flexibility index (Phi) is 5.72. The van der Waals surface area contributed by atoms with Crippen LogP contribution in [-0.4, -0.2) is 11.9 Å². The topological polar surface area (TPSA) is 94.0 Å². The van der Waals surface area contributed by atoms with Crippen LogP contribution >= 0.6 is 0 Å². The molecule has 1 aliphatic carbocycles. The molecular formula is C21H22N4O2. The fraction of sp³-hybridized carbons (Fsp3) is 0.286. The van der Waals surface area contributed by atoms with Crippen LogP contribution in [0.1, 0.15) is 42.5 Å². The van der Waals surface area contributed by atoms with Gasteiger partial charge in [-0.25, -0.2) is 4.79 Å². The highest BCUT2D eigenvalue weighted by Crippen LogP contribution is 2.30. The van der Waals surface area contributed by atoms with Crippen molar-refractivity contribution in [3.05, 3.63) is 65.2 Å². The molecule has 138 valence electrons. The normalized spacial score (nSPS) is 13.9. The smallest absolute Gasteiger partial charge is 0.315 e. The van der Waals surface area contributed by atoms with E-state index in [1.807, 2.05) is 37.3 Å². The van der Waals surface area contributed by atoms with Gasteiger partial charge in [0.2, 0.25) is 5.91 Å². The molecule has 3 rings (SSSR count). The predicted octanol–water partition coefficient (Wildman–Crippen LogP) is 3.47. The molecule has 3 N–H and O–H groups in total. The molecule has 1 atom stereocenters. The van der Waals surface area contributed by atoms with Gasteiger partial charge < -0.3 is 16.0 Å². The van der Waals surface area contributed by atoms with Crippen LogP contribution in [0, 0.1) is 17.2 Å². The fourth-order valence-corrected chi connectivity index (χ4v) is 2.71. The van der Waals surface area contributed by atoms with Crippen LogP contribution in [0.3, 0.4) is 0 Å². The molecule has 1 saturated carbocycles. The van der Waals surface area contributed by atoms with Crippen molar-refractivity contribution >= 4 is 17.6 Å². The van der Waals surface area contributed by atoms with Crippen molar-refractivity contribution in [3.8, 4) is 6.07 Å². The lowest BCUT2D eigenvalue weighted by atomic mass is 10.1. The maximum atomic E-state index is 12.1. The van der Waals surface area contributed by atoms with E-state index in [9.17, 15) is 9.59 Å². The van der Waals surface area contributed by atoms with Gasteiger partial charge in [-0.15, -0.1) is 0 Å². The number of amides is 3. The van der Waals surface area contributed by atoms with Gasteiger partial charge in [0.25, 0.3) is 0 Å². The number of nitrogens with one attached hydrogen (secondary N) is 3. The number of carbonyl (C=O) groups excluding carboxylic acids is 2. The Bertz CT molecular complexity index is 866. The molecule has 0 spiro atoms. The van der Waals surface area contributed by atoms with Crippen molar-refractivity contribution < 1.29 is 9.59 Å². The first-order valence-electron chi connectivity index (χ1n) is 8.99. The molecule has 6 heteroatoms. The van der Waals surface area contributed by atoms with Crippen LogP contribution in [0.15, 0.2) is 48.5 Å². The minimum atomic E-state index is -0.282. The molecule has 0 aromatic heterocycles. The predicted molar refractivity (Wildman–Crippen MR) is 103 cm³/mol. The quantitative estimate of drug-likeness (QED) is 0.734. The molecule has 0 aliphatic heterocycles. The highest BCUT2D eigenvalue weighted by molar-refractivity contribution is 5.94. The number of anilines is 1. The second kappa shape index (κ2) is 8.37. The Hall–Kier alpha value is -3.33. The lowest BCUT2D eigenvalue weighted by Crippen LogP contribution is -2.36. The van der Waals surface area contributed by atoms with Crippen molar-refractivity contribution in [1.29, 1.82) is 5.26 Å². The van der Waals surface area contributed by atoms with Gasteiger partial charge in [-0.05, 0) is 55.2 Å². The number of hydrogen-bond acceptors (Lipinski definition) is 3. The van der Waals surface area contributed by atoms with E-state index in [1.165, 1.54) is 0 Å². The first-order valence-corrected chi connectivity index (χ1v) is 8.99. The molecule has 2 aromatic rings. The van der Waals surface area contributed by atoms with Gasteiger partial charge in [0.1, 0.15) is 0 Å². The average Bonchev–Trinajstić information content (AvgIpc) is 3.52. The van der Waals surface area contributed by atoms with Gasteiger partial charge in [-0.1, -0.05) is 24.3 Å². The van der Waals surface area contributed by atoms with Crippen molar-refractivity contribution in [2.24, 2.45) is 5.92 Å². The summed E-state index contributed by atoms with van der Waals surface area (Å²) in [4.78, 5) is 23.9. The first-order chi connectivity index (χ1) is 13.0. The van der Waals surface area contributed by atoms with E-state index in [-0.39, 0.29) is 23.9 Å². The van der Waals surface area contributed by atoms with Crippen molar-refractivity contribution in [1.82, 2.24) is 10.6 Å². The standard InChI is InChI=1S/C21H22N4O2/c1-14(17-7-9-19(10-8-17)25-20(26)18-5-6-18)24-21(27)23-13-16-4-2-3-15(11-16)12-22/h2-4,7-11,14,18H,5-6,13H2,1H3,(H,25,26)(H2,23,24,27). The molecule has 27 heavy (non-hydrogen) atoms. The molecule has 0 saturated heterocycles. The average molecular weight is 362 g/mol. The maximum absolute atomic E-state index is 12.1. The number of benzene rings is 2. The van der Waals surface area contributed by atoms with E-state index in [2.05, 4.69) is 22.0 Å². The summed E-state index contributed by atoms with van der Waals surface area (Å²) >= 11 is 0. The summed E-state index contributed by atoms with van der Waals surface area (Å²) in [5, 5.41) is 17.5. The van der Waals surface area contributed by atoms with Gasteiger partial charge in [0, 0.05) is 18.2 Å². The summed E-state index contributed by atoms with van der Waals surface area (Å²) in [5.74, 6) is 0.247. The van der Waals surface area contributed by atoms with Crippen LogP contribution in [0.5, 0.6) is 0 Å². The number of nitriles is 1. The van der Waals surface area contributed by atoms with E-state index in [4.69, 9.17) is 5.26 Å². The molecule has 0 radical (unpaired) electrons. The number of hydrogen-bond donors (Lipinski definition) is 3. The summed E-state index contributed by atoms with van der Waals surface area (Å²) in [5.41, 5.74) is 3.15. The number of urea groups is 1. The summed E-state index contributed by atoms with van der Waals surface area (Å²) in [6.45, 7) is 2.24. The molecule has 1 unspecified atom stereocenters. The van der Waals surface area contributed by atoms with Crippen LogP contribution in [0.2, 0.25) is 0 Å². The Morgan fingerprint density at radius 3 is 2.59 bits per heavy atom. The summed E-state index contributed by atoms with van der Waals surface area (Å²) in [6.07, 6.45) is 1.95. The Labute approximate surface area is 158 Å². The van der Waals surface area contributed by atoms with Gasteiger partial charge in [-0.3, -0.25) is 4.79 Å². The van der Waals surface area contributed by atoms with Crippen molar-refractivity contribution in [2.75, 3.05) is 5.32 Å². The fourth-order valence-electron chi connectivity index (χ4n) is 2.71. The molecule has 3 amide bonds. The third-order valence-corrected chi connectivity index (χ3v) is 4.48. The summed E-state index contributed by atoms with van der Waals surface area (Å²) in [7, 11) is 0. The highest BCUT2D eigenvalue weighted by atomic mass is 16.2. The molecule has 1 aliphatic rings. The second-order valence-electron chi connectivity index (χ2n) is 6.75. The minimum Gasteiger partial charge on any atom is -0.334 e. The molecule has 1 fully saturated rings. The number of nitrogens with zero attached hydrogens (tertiary/aromatic N) is 1. The third kappa shape index (κ3) is 5.32. The van der Waals surface area contributed by atoms with Crippen LogP contribution in [-0.2, 0) is 11.3 Å². The van der Waals surface area contributed by atoms with Crippen LogP contribution < -0.4 is 16.0 Å². The van der Waals surface area contributed by atoms with Crippen LogP contribution in [0.4, 0.5) is 10.5 Å². The molecular weight excluding hydrogens is 340 g/mol. The van der Waals surface area contributed by atoms with E-state index >= 15 is 0 Å². The Morgan fingerprint density at radius 1 is 1.19 bits per heavy atom. The van der Waals surface area contributed by atoms with E-state index in [0.717, 1.165) is 29.7 Å². The Balaban J connectivity index is 1.48. The maximum Gasteiger partial charge on any atom is 0.315 e. The zero-order valence-electron chi connectivity index (χ0n) is 15.2. The second-order valence-corrected chi connectivity index (χ2v) is 6.75. The first kappa shape index (κ1) is 18.5. The number of carbonyl (C=O) groups is 2. The van der Waals surface area contributed by atoms with Crippen LogP contribution in [0.25, 0.3) is 0 Å². The third-order valence-electron chi connectivity index (χ3n) is 4.48. The molecule has 6 nitrogen and oxygen atoms in total.